The molecule has 0 saturated heterocycles. The Morgan fingerprint density at radius 2 is 1.96 bits per heavy atom. The zero-order valence-corrected chi connectivity index (χ0v) is 13.8. The lowest BCUT2D eigenvalue weighted by atomic mass is 9.99. The highest BCUT2D eigenvalue weighted by atomic mass is 16.3. The molecule has 0 amide bonds. The molecule has 1 unspecified atom stereocenters. The van der Waals surface area contributed by atoms with E-state index in [0.717, 1.165) is 24.1 Å². The Hall–Kier alpha value is -2.49. The molecule has 0 heterocycles. The summed E-state index contributed by atoms with van der Waals surface area (Å²) in [4.78, 5) is 4.32. The molecule has 23 heavy (non-hydrogen) atoms. The van der Waals surface area contributed by atoms with Gasteiger partial charge < -0.3 is 16.2 Å². The Balaban J connectivity index is 1.87. The van der Waals surface area contributed by atoms with E-state index in [9.17, 15) is 5.11 Å². The molecule has 0 bridgehead atoms. The van der Waals surface area contributed by atoms with E-state index >= 15 is 0 Å². The lowest BCUT2D eigenvalue weighted by molar-refractivity contribution is 0.474. The summed E-state index contributed by atoms with van der Waals surface area (Å²) in [7, 11) is 0. The van der Waals surface area contributed by atoms with Crippen molar-refractivity contribution in [1.29, 1.82) is 0 Å². The second-order valence-electron chi connectivity index (χ2n) is 5.74. The van der Waals surface area contributed by atoms with Crippen LogP contribution in [0.3, 0.4) is 0 Å². The van der Waals surface area contributed by atoms with Crippen LogP contribution in [-0.2, 0) is 6.42 Å². The van der Waals surface area contributed by atoms with Gasteiger partial charge in [0, 0.05) is 12.2 Å². The number of anilines is 1. The highest BCUT2D eigenvalue weighted by molar-refractivity contribution is 5.92. The number of benzene rings is 2. The summed E-state index contributed by atoms with van der Waals surface area (Å²) in [5.74, 6) is 1.25. The van der Waals surface area contributed by atoms with Crippen molar-refractivity contribution < 1.29 is 5.11 Å². The van der Waals surface area contributed by atoms with E-state index in [2.05, 4.69) is 36.3 Å². The van der Waals surface area contributed by atoms with E-state index in [1.54, 1.807) is 12.1 Å². The first kappa shape index (κ1) is 16.9. The minimum Gasteiger partial charge on any atom is -0.508 e. The van der Waals surface area contributed by atoms with E-state index in [4.69, 9.17) is 5.73 Å². The van der Waals surface area contributed by atoms with Crippen LogP contribution in [-0.4, -0.2) is 17.6 Å². The van der Waals surface area contributed by atoms with Crippen molar-refractivity contribution in [2.24, 2.45) is 10.7 Å². The SMILES string of the molecule is CCC(C)c1ccc(NC(N)=NCCc2cccc(O)c2)cc1. The summed E-state index contributed by atoms with van der Waals surface area (Å²) >= 11 is 0. The molecule has 4 heteroatoms. The minimum absolute atomic E-state index is 0.277. The Bertz CT molecular complexity index is 650. The molecular weight excluding hydrogens is 286 g/mol. The van der Waals surface area contributed by atoms with Crippen LogP contribution in [0, 0.1) is 0 Å². The summed E-state index contributed by atoms with van der Waals surface area (Å²) in [6, 6.07) is 15.5. The maximum absolute atomic E-state index is 9.42. The average Bonchev–Trinajstić information content (AvgIpc) is 2.55. The van der Waals surface area contributed by atoms with Crippen LogP contribution in [0.15, 0.2) is 53.5 Å². The Labute approximate surface area is 138 Å². The molecule has 2 aromatic rings. The highest BCUT2D eigenvalue weighted by Crippen LogP contribution is 2.20. The first-order valence-corrected chi connectivity index (χ1v) is 8.03. The maximum Gasteiger partial charge on any atom is 0.193 e. The number of nitrogens with two attached hydrogens (primary N) is 1. The summed E-state index contributed by atoms with van der Waals surface area (Å²) in [5.41, 5.74) is 9.23. The van der Waals surface area contributed by atoms with Crippen molar-refractivity contribution in [3.8, 4) is 5.75 Å². The zero-order chi connectivity index (χ0) is 16.7. The van der Waals surface area contributed by atoms with Crippen LogP contribution < -0.4 is 11.1 Å². The van der Waals surface area contributed by atoms with Gasteiger partial charge in [0.05, 0.1) is 0 Å². The second-order valence-corrected chi connectivity index (χ2v) is 5.74. The van der Waals surface area contributed by atoms with Crippen LogP contribution in [0.25, 0.3) is 0 Å². The Morgan fingerprint density at radius 3 is 2.61 bits per heavy atom. The van der Waals surface area contributed by atoms with Crippen molar-refractivity contribution in [3.63, 3.8) is 0 Å². The molecule has 122 valence electrons. The lowest BCUT2D eigenvalue weighted by Crippen LogP contribution is -2.23. The third kappa shape index (κ3) is 5.33. The van der Waals surface area contributed by atoms with E-state index in [-0.39, 0.29) is 5.75 Å². The Kier molecular flexibility index (Phi) is 6.03. The third-order valence-corrected chi connectivity index (χ3v) is 3.96. The lowest BCUT2D eigenvalue weighted by Gasteiger charge is -2.10. The molecule has 2 rings (SSSR count). The first-order valence-electron chi connectivity index (χ1n) is 8.03. The second kappa shape index (κ2) is 8.22. The molecule has 0 fully saturated rings. The number of hydrogen-bond donors (Lipinski definition) is 3. The van der Waals surface area contributed by atoms with Crippen LogP contribution in [0.1, 0.15) is 37.3 Å². The van der Waals surface area contributed by atoms with Gasteiger partial charge >= 0.3 is 0 Å². The van der Waals surface area contributed by atoms with Crippen LogP contribution in [0.2, 0.25) is 0 Å². The molecule has 0 aliphatic rings. The number of nitrogens with one attached hydrogen (secondary N) is 1. The van der Waals surface area contributed by atoms with E-state index in [1.165, 1.54) is 5.56 Å². The summed E-state index contributed by atoms with van der Waals surface area (Å²) in [5, 5.41) is 12.5. The number of phenolic OH excluding ortho intramolecular Hbond substituents is 1. The van der Waals surface area contributed by atoms with Gasteiger partial charge in [0.25, 0.3) is 0 Å². The average molecular weight is 311 g/mol. The molecule has 0 aromatic heterocycles. The molecule has 2 aromatic carbocycles. The number of hydrogen-bond acceptors (Lipinski definition) is 2. The monoisotopic (exact) mass is 311 g/mol. The predicted octanol–water partition coefficient (Wildman–Crippen LogP) is 3.88. The highest BCUT2D eigenvalue weighted by Gasteiger charge is 2.02. The van der Waals surface area contributed by atoms with Crippen LogP contribution >= 0.6 is 0 Å². The maximum atomic E-state index is 9.42. The van der Waals surface area contributed by atoms with E-state index in [1.807, 2.05) is 24.3 Å². The number of rotatable bonds is 6. The van der Waals surface area contributed by atoms with E-state index < -0.39 is 0 Å². The van der Waals surface area contributed by atoms with Gasteiger partial charge in [0.15, 0.2) is 5.96 Å². The zero-order valence-electron chi connectivity index (χ0n) is 13.8. The molecular formula is C19H25N3O. The summed E-state index contributed by atoms with van der Waals surface area (Å²) < 4.78 is 0. The largest absolute Gasteiger partial charge is 0.508 e. The number of guanidine groups is 1. The fourth-order valence-corrected chi connectivity index (χ4v) is 2.34. The van der Waals surface area contributed by atoms with Crippen LogP contribution in [0.4, 0.5) is 5.69 Å². The topological polar surface area (TPSA) is 70.6 Å². The first-order chi connectivity index (χ1) is 11.1. The molecule has 0 spiro atoms. The molecule has 1 atom stereocenters. The molecule has 0 saturated carbocycles. The predicted molar refractivity (Wildman–Crippen MR) is 97.1 cm³/mol. The smallest absolute Gasteiger partial charge is 0.193 e. The van der Waals surface area contributed by atoms with Gasteiger partial charge in [0.1, 0.15) is 5.75 Å². The quantitative estimate of drug-likeness (QED) is 0.560. The molecule has 0 aliphatic carbocycles. The van der Waals surface area contributed by atoms with Gasteiger partial charge in [-0.15, -0.1) is 0 Å². The fourth-order valence-electron chi connectivity index (χ4n) is 2.34. The van der Waals surface area contributed by atoms with E-state index in [0.29, 0.717) is 18.4 Å². The molecule has 0 aliphatic heterocycles. The normalized spacial score (nSPS) is 12.9. The molecule has 4 nitrogen and oxygen atoms in total. The summed E-state index contributed by atoms with van der Waals surface area (Å²) in [6.07, 6.45) is 1.87. The number of nitrogens with zero attached hydrogens (tertiary/aromatic N) is 1. The van der Waals surface area contributed by atoms with Gasteiger partial charge in [-0.1, -0.05) is 38.1 Å². The van der Waals surface area contributed by atoms with Crippen LogP contribution in [0.5, 0.6) is 5.75 Å². The van der Waals surface area contributed by atoms with Crippen molar-refractivity contribution >= 4 is 11.6 Å². The standard InChI is InChI=1S/C19H25N3O/c1-3-14(2)16-7-9-17(10-8-16)22-19(20)21-12-11-15-5-4-6-18(23)13-15/h4-10,13-14,23H,3,11-12H2,1-2H3,(H3,20,21,22). The summed E-state index contributed by atoms with van der Waals surface area (Å²) in [6.45, 7) is 4.99. The van der Waals surface area contributed by atoms with Crippen molar-refractivity contribution in [2.45, 2.75) is 32.6 Å². The van der Waals surface area contributed by atoms with Gasteiger partial charge in [-0.2, -0.15) is 0 Å². The van der Waals surface area contributed by atoms with Crippen molar-refractivity contribution in [1.82, 2.24) is 0 Å². The number of phenols is 1. The van der Waals surface area contributed by atoms with Gasteiger partial charge in [-0.25, -0.2) is 0 Å². The number of aromatic hydroxyl groups is 1. The fraction of sp³-hybridized carbons (Fsp3) is 0.316. The van der Waals surface area contributed by atoms with Gasteiger partial charge in [-0.05, 0) is 54.2 Å². The van der Waals surface area contributed by atoms with Gasteiger partial charge in [-0.3, -0.25) is 4.99 Å². The van der Waals surface area contributed by atoms with Gasteiger partial charge in [0.2, 0.25) is 0 Å². The molecule has 4 N–H and O–H groups in total. The Morgan fingerprint density at radius 1 is 1.22 bits per heavy atom. The molecule has 0 radical (unpaired) electrons. The number of aliphatic imine (C=N–C) groups is 1. The third-order valence-electron chi connectivity index (χ3n) is 3.96. The minimum atomic E-state index is 0.277. The van der Waals surface area contributed by atoms with Crippen molar-refractivity contribution in [3.05, 3.63) is 59.7 Å². The van der Waals surface area contributed by atoms with Crippen molar-refractivity contribution in [2.75, 3.05) is 11.9 Å².